The van der Waals surface area contributed by atoms with E-state index in [1.54, 1.807) is 0 Å². The van der Waals surface area contributed by atoms with Gasteiger partial charge in [0.05, 0.1) is 13.1 Å². The zero-order valence-corrected chi connectivity index (χ0v) is 13.9. The number of piperazine rings is 1. The van der Waals surface area contributed by atoms with E-state index in [9.17, 15) is 0 Å². The first-order valence-electron chi connectivity index (χ1n) is 8.60. The Balaban J connectivity index is 1.48. The molecule has 1 aromatic carbocycles. The van der Waals surface area contributed by atoms with Crippen LogP contribution in [-0.4, -0.2) is 67.4 Å². The molecule has 0 aliphatic carbocycles. The van der Waals surface area contributed by atoms with E-state index in [0.29, 0.717) is 12.2 Å². The van der Waals surface area contributed by atoms with E-state index < -0.39 is 0 Å². The largest absolute Gasteiger partial charge is 0.364 e. The molecule has 0 aromatic heterocycles. The summed E-state index contributed by atoms with van der Waals surface area (Å²) in [5.41, 5.74) is 1.29. The molecule has 2 aliphatic heterocycles. The van der Waals surface area contributed by atoms with Gasteiger partial charge in [0.15, 0.2) is 0 Å². The summed E-state index contributed by atoms with van der Waals surface area (Å²) >= 11 is 0. The van der Waals surface area contributed by atoms with E-state index in [1.807, 2.05) is 0 Å². The second kappa shape index (κ2) is 6.95. The van der Waals surface area contributed by atoms with Crippen LogP contribution in [0.1, 0.15) is 19.4 Å². The van der Waals surface area contributed by atoms with E-state index in [-0.39, 0.29) is 0 Å². The second-order valence-electron chi connectivity index (χ2n) is 7.02. The fourth-order valence-electron chi connectivity index (χ4n) is 4.03. The fraction of sp³-hybridized carbons (Fsp3) is 0.579. The number of morpholine rings is 1. The lowest BCUT2D eigenvalue weighted by molar-refractivity contribution is -0.944. The van der Waals surface area contributed by atoms with Gasteiger partial charge in [0, 0.05) is 19.6 Å². The Hall–Kier alpha value is -1.16. The maximum Gasteiger partial charge on any atom is 0.105 e. The molecule has 2 fully saturated rings. The predicted molar refractivity (Wildman–Crippen MR) is 91.7 cm³/mol. The van der Waals surface area contributed by atoms with Crippen LogP contribution in [0.15, 0.2) is 36.4 Å². The molecular weight excluding hydrogens is 272 g/mol. The first-order chi connectivity index (χ1) is 10.7. The molecule has 3 rings (SSSR count). The number of ether oxygens (including phenoxy) is 1. The van der Waals surface area contributed by atoms with Crippen LogP contribution >= 0.6 is 0 Å². The molecule has 1 aromatic rings. The van der Waals surface area contributed by atoms with E-state index >= 15 is 0 Å². The highest BCUT2D eigenvalue weighted by molar-refractivity contribution is 5.48. The lowest BCUT2D eigenvalue weighted by Gasteiger charge is -2.50. The molecule has 3 heteroatoms. The Morgan fingerprint density at radius 3 is 2.36 bits per heavy atom. The summed E-state index contributed by atoms with van der Waals surface area (Å²) < 4.78 is 7.18. The molecule has 0 N–H and O–H groups in total. The van der Waals surface area contributed by atoms with Crippen LogP contribution in [0.3, 0.4) is 0 Å². The Kier molecular flexibility index (Phi) is 4.97. The van der Waals surface area contributed by atoms with Gasteiger partial charge in [-0.05, 0) is 19.4 Å². The van der Waals surface area contributed by atoms with Gasteiger partial charge >= 0.3 is 0 Å². The van der Waals surface area contributed by atoms with Gasteiger partial charge in [0.1, 0.15) is 25.3 Å². The van der Waals surface area contributed by atoms with Gasteiger partial charge in [-0.2, -0.15) is 0 Å². The van der Waals surface area contributed by atoms with E-state index in [2.05, 4.69) is 61.2 Å². The standard InChI is InChI=1S/C19H29N2O/c1-17-15-21(16-18(2)22-17)13-11-20(12-14-21)10-6-9-19-7-4-3-5-8-19/h3-9,17-18H,10-16H2,1-2H3/q+1/b9-6+. The van der Waals surface area contributed by atoms with Crippen molar-refractivity contribution >= 4 is 6.08 Å². The summed E-state index contributed by atoms with van der Waals surface area (Å²) in [6, 6.07) is 10.6. The zero-order chi connectivity index (χ0) is 15.4. The topological polar surface area (TPSA) is 12.5 Å². The van der Waals surface area contributed by atoms with Crippen molar-refractivity contribution in [1.82, 2.24) is 4.90 Å². The molecule has 2 atom stereocenters. The molecule has 0 saturated carbocycles. The van der Waals surface area contributed by atoms with Crippen LogP contribution in [-0.2, 0) is 4.74 Å². The number of benzene rings is 1. The predicted octanol–water partition coefficient (Wildman–Crippen LogP) is 2.64. The molecule has 0 radical (unpaired) electrons. The van der Waals surface area contributed by atoms with Crippen LogP contribution in [0.25, 0.3) is 6.08 Å². The van der Waals surface area contributed by atoms with Crippen molar-refractivity contribution in [3.63, 3.8) is 0 Å². The molecule has 2 saturated heterocycles. The van der Waals surface area contributed by atoms with Crippen molar-refractivity contribution in [2.24, 2.45) is 0 Å². The molecular formula is C19H29N2O+. The minimum Gasteiger partial charge on any atom is -0.364 e. The maximum atomic E-state index is 5.91. The van der Waals surface area contributed by atoms with Gasteiger partial charge in [0.2, 0.25) is 0 Å². The van der Waals surface area contributed by atoms with Crippen LogP contribution < -0.4 is 0 Å². The first kappa shape index (κ1) is 15.7. The van der Waals surface area contributed by atoms with Gasteiger partial charge in [-0.15, -0.1) is 0 Å². The highest BCUT2D eigenvalue weighted by atomic mass is 16.5. The lowest BCUT2D eigenvalue weighted by Crippen LogP contribution is -2.66. The smallest absolute Gasteiger partial charge is 0.105 e. The lowest BCUT2D eigenvalue weighted by atomic mass is 10.1. The molecule has 1 spiro atoms. The number of hydrogen-bond donors (Lipinski definition) is 0. The van der Waals surface area contributed by atoms with Crippen LogP contribution in [0, 0.1) is 0 Å². The third-order valence-corrected chi connectivity index (χ3v) is 5.01. The van der Waals surface area contributed by atoms with Crippen molar-refractivity contribution in [3.05, 3.63) is 42.0 Å². The minimum atomic E-state index is 0.410. The first-order valence-corrected chi connectivity index (χ1v) is 8.60. The van der Waals surface area contributed by atoms with Crippen LogP contribution in [0.5, 0.6) is 0 Å². The summed E-state index contributed by atoms with van der Waals surface area (Å²) in [6.07, 6.45) is 5.36. The molecule has 3 nitrogen and oxygen atoms in total. The average Bonchev–Trinajstić information content (AvgIpc) is 2.49. The third-order valence-electron chi connectivity index (χ3n) is 5.01. The summed E-state index contributed by atoms with van der Waals surface area (Å²) in [4.78, 5) is 2.58. The molecule has 2 aliphatic rings. The van der Waals surface area contributed by atoms with Gasteiger partial charge in [0.25, 0.3) is 0 Å². The Bertz CT molecular complexity index is 479. The molecule has 22 heavy (non-hydrogen) atoms. The molecule has 2 heterocycles. The summed E-state index contributed by atoms with van der Waals surface area (Å²) in [5, 5.41) is 0. The normalized spacial score (nSPS) is 29.2. The summed E-state index contributed by atoms with van der Waals surface area (Å²) in [5.74, 6) is 0. The fourth-order valence-corrected chi connectivity index (χ4v) is 4.03. The van der Waals surface area contributed by atoms with Gasteiger partial charge in [-0.3, -0.25) is 4.90 Å². The van der Waals surface area contributed by atoms with E-state index in [4.69, 9.17) is 4.74 Å². The van der Waals surface area contributed by atoms with Crippen LogP contribution in [0.2, 0.25) is 0 Å². The quantitative estimate of drug-likeness (QED) is 0.796. The van der Waals surface area contributed by atoms with Crippen molar-refractivity contribution in [2.75, 3.05) is 45.8 Å². The summed E-state index contributed by atoms with van der Waals surface area (Å²) in [6.45, 7) is 12.9. The average molecular weight is 301 g/mol. The maximum absolute atomic E-state index is 5.91. The Morgan fingerprint density at radius 2 is 1.73 bits per heavy atom. The van der Waals surface area contributed by atoms with Crippen molar-refractivity contribution in [3.8, 4) is 0 Å². The number of hydrogen-bond acceptors (Lipinski definition) is 2. The third kappa shape index (κ3) is 3.97. The van der Waals surface area contributed by atoms with E-state index in [1.165, 1.54) is 49.3 Å². The van der Waals surface area contributed by atoms with Crippen molar-refractivity contribution < 1.29 is 9.22 Å². The molecule has 0 amide bonds. The van der Waals surface area contributed by atoms with E-state index in [0.717, 1.165) is 6.54 Å². The van der Waals surface area contributed by atoms with Crippen molar-refractivity contribution in [1.29, 1.82) is 0 Å². The number of nitrogens with zero attached hydrogens (tertiary/aromatic N) is 2. The zero-order valence-electron chi connectivity index (χ0n) is 13.9. The van der Waals surface area contributed by atoms with Gasteiger partial charge in [-0.1, -0.05) is 42.5 Å². The minimum absolute atomic E-state index is 0.410. The Morgan fingerprint density at radius 1 is 1.09 bits per heavy atom. The Labute approximate surface area is 134 Å². The second-order valence-corrected chi connectivity index (χ2v) is 7.02. The highest BCUT2D eigenvalue weighted by Gasteiger charge is 2.39. The molecule has 2 unspecified atom stereocenters. The summed E-state index contributed by atoms with van der Waals surface area (Å²) in [7, 11) is 0. The van der Waals surface area contributed by atoms with Crippen molar-refractivity contribution in [2.45, 2.75) is 26.1 Å². The highest BCUT2D eigenvalue weighted by Crippen LogP contribution is 2.22. The number of rotatable bonds is 3. The molecule has 120 valence electrons. The van der Waals surface area contributed by atoms with Crippen LogP contribution in [0.4, 0.5) is 0 Å². The molecule has 0 bridgehead atoms. The van der Waals surface area contributed by atoms with Gasteiger partial charge in [-0.25, -0.2) is 0 Å². The SMILES string of the molecule is CC1C[N+]2(CCN(C/C=C/c3ccccc3)CC2)CC(C)O1. The monoisotopic (exact) mass is 301 g/mol. The van der Waals surface area contributed by atoms with Gasteiger partial charge < -0.3 is 9.22 Å². The number of quaternary nitrogens is 1.